The predicted octanol–water partition coefficient (Wildman–Crippen LogP) is 9.34. The van der Waals surface area contributed by atoms with Gasteiger partial charge in [0.1, 0.15) is 12.0 Å². The van der Waals surface area contributed by atoms with Crippen LogP contribution in [-0.2, 0) is 0 Å². The topological polar surface area (TPSA) is 49.6 Å². The van der Waals surface area contributed by atoms with Crippen LogP contribution in [-0.4, -0.2) is 16.7 Å². The molecule has 1 aliphatic rings. The minimum atomic E-state index is -0.265. The summed E-state index contributed by atoms with van der Waals surface area (Å²) in [6.45, 7) is 0. The summed E-state index contributed by atoms with van der Waals surface area (Å²) in [4.78, 5) is 14.4. The van der Waals surface area contributed by atoms with Crippen molar-refractivity contribution >= 4 is 27.6 Å². The first-order valence-corrected chi connectivity index (χ1v) is 14.9. The number of benzene rings is 5. The second-order valence-corrected chi connectivity index (χ2v) is 11.3. The summed E-state index contributed by atoms with van der Waals surface area (Å²) in [5.74, 6) is 1.48. The highest BCUT2D eigenvalue weighted by Crippen LogP contribution is 2.30. The fourth-order valence-corrected chi connectivity index (χ4v) is 5.75. The molecule has 0 fully saturated rings. The Labute approximate surface area is 259 Å². The van der Waals surface area contributed by atoms with Crippen molar-refractivity contribution in [1.29, 1.82) is 0 Å². The molecular formula is C38H27BrN4. The zero-order chi connectivity index (χ0) is 29.0. The molecule has 0 amide bonds. The van der Waals surface area contributed by atoms with Gasteiger partial charge in [-0.05, 0) is 63.2 Å². The number of aromatic nitrogens is 1. The number of aliphatic imine (C=N–C) groups is 2. The molecular weight excluding hydrogens is 592 g/mol. The molecule has 6 aromatic rings. The van der Waals surface area contributed by atoms with Crippen LogP contribution in [0.15, 0.2) is 166 Å². The molecule has 1 atom stereocenters. The van der Waals surface area contributed by atoms with E-state index in [-0.39, 0.29) is 6.17 Å². The number of hydrogen-bond acceptors (Lipinski definition) is 4. The van der Waals surface area contributed by atoms with E-state index in [0.29, 0.717) is 5.84 Å². The lowest BCUT2D eigenvalue weighted by molar-refractivity contribution is 0.674. The Bertz CT molecular complexity index is 1920. The summed E-state index contributed by atoms with van der Waals surface area (Å²) in [7, 11) is 0. The van der Waals surface area contributed by atoms with Crippen molar-refractivity contribution in [2.45, 2.75) is 6.17 Å². The van der Waals surface area contributed by atoms with Crippen LogP contribution in [0.25, 0.3) is 33.4 Å². The smallest absolute Gasteiger partial charge is 0.159 e. The summed E-state index contributed by atoms with van der Waals surface area (Å²) in [5, 5.41) is 3.57. The molecule has 5 heteroatoms. The maximum atomic E-state index is 5.08. The Morgan fingerprint density at radius 2 is 1.07 bits per heavy atom. The van der Waals surface area contributed by atoms with Crippen LogP contribution in [0.4, 0.5) is 0 Å². The van der Waals surface area contributed by atoms with Crippen molar-refractivity contribution < 1.29 is 0 Å². The first kappa shape index (κ1) is 26.7. The third-order valence-electron chi connectivity index (χ3n) is 7.49. The van der Waals surface area contributed by atoms with Gasteiger partial charge in [-0.1, -0.05) is 131 Å². The molecule has 1 N–H and O–H groups in total. The molecule has 0 bridgehead atoms. The molecule has 5 aromatic carbocycles. The van der Waals surface area contributed by atoms with Crippen molar-refractivity contribution in [1.82, 2.24) is 10.3 Å². The molecule has 0 saturated heterocycles. The predicted molar refractivity (Wildman–Crippen MR) is 180 cm³/mol. The van der Waals surface area contributed by atoms with Crippen molar-refractivity contribution in [2.75, 3.05) is 0 Å². The number of pyridine rings is 1. The Kier molecular flexibility index (Phi) is 7.47. The molecule has 206 valence electrons. The van der Waals surface area contributed by atoms with Gasteiger partial charge in [0.15, 0.2) is 5.84 Å². The van der Waals surface area contributed by atoms with Gasteiger partial charge < -0.3 is 5.32 Å². The molecule has 43 heavy (non-hydrogen) atoms. The number of amidine groups is 2. The average Bonchev–Trinajstić information content (AvgIpc) is 3.09. The lowest BCUT2D eigenvalue weighted by Crippen LogP contribution is -2.33. The van der Waals surface area contributed by atoms with E-state index in [1.165, 1.54) is 11.1 Å². The van der Waals surface area contributed by atoms with Crippen LogP contribution < -0.4 is 5.32 Å². The Morgan fingerprint density at radius 3 is 1.74 bits per heavy atom. The summed E-state index contributed by atoms with van der Waals surface area (Å²) in [6, 6.07) is 48.2. The highest BCUT2D eigenvalue weighted by atomic mass is 79.9. The molecule has 7 rings (SSSR count). The largest absolute Gasteiger partial charge is 0.344 e. The second-order valence-electron chi connectivity index (χ2n) is 10.4. The lowest BCUT2D eigenvalue weighted by atomic mass is 9.99. The van der Waals surface area contributed by atoms with Crippen LogP contribution in [0, 0.1) is 0 Å². The fraction of sp³-hybridized carbons (Fsp3) is 0.0263. The van der Waals surface area contributed by atoms with E-state index < -0.39 is 0 Å². The van der Waals surface area contributed by atoms with Gasteiger partial charge >= 0.3 is 0 Å². The quantitative estimate of drug-likeness (QED) is 0.202. The zero-order valence-corrected chi connectivity index (χ0v) is 24.8. The van der Waals surface area contributed by atoms with Gasteiger partial charge in [-0.25, -0.2) is 9.98 Å². The van der Waals surface area contributed by atoms with E-state index in [0.717, 1.165) is 49.3 Å². The average molecular weight is 620 g/mol. The standard InChI is InChI=1S/C38H27BrN4/c39-35-23-33(29-15-13-28(14-16-29)32-12-7-21-40-25-32)22-34(24-35)38-42-36(30-10-5-2-6-11-30)41-37(43-38)31-19-17-27(18-20-31)26-8-3-1-4-9-26/h1-25,36H,(H,41,42,43). The van der Waals surface area contributed by atoms with Crippen molar-refractivity contribution in [3.63, 3.8) is 0 Å². The Hall–Kier alpha value is -5.13. The van der Waals surface area contributed by atoms with Crippen LogP contribution in [0.1, 0.15) is 22.9 Å². The van der Waals surface area contributed by atoms with Crippen LogP contribution in [0.2, 0.25) is 0 Å². The molecule has 1 aromatic heterocycles. The maximum Gasteiger partial charge on any atom is 0.159 e. The fourth-order valence-electron chi connectivity index (χ4n) is 5.26. The van der Waals surface area contributed by atoms with E-state index in [1.807, 2.05) is 36.5 Å². The van der Waals surface area contributed by atoms with E-state index in [1.54, 1.807) is 6.20 Å². The van der Waals surface area contributed by atoms with Gasteiger partial charge in [0.25, 0.3) is 0 Å². The van der Waals surface area contributed by atoms with Crippen LogP contribution in [0.5, 0.6) is 0 Å². The normalized spacial score (nSPS) is 14.4. The second kappa shape index (κ2) is 12.0. The summed E-state index contributed by atoms with van der Waals surface area (Å²) >= 11 is 3.75. The van der Waals surface area contributed by atoms with Gasteiger partial charge in [-0.3, -0.25) is 4.98 Å². The first-order valence-electron chi connectivity index (χ1n) is 14.2. The summed E-state index contributed by atoms with van der Waals surface area (Å²) in [6.07, 6.45) is 3.41. The number of nitrogens with zero attached hydrogens (tertiary/aromatic N) is 3. The van der Waals surface area contributed by atoms with Gasteiger partial charge in [-0.15, -0.1) is 0 Å². The molecule has 1 unspecified atom stereocenters. The number of halogens is 1. The number of rotatable bonds is 6. The van der Waals surface area contributed by atoms with E-state index in [2.05, 4.69) is 135 Å². The van der Waals surface area contributed by atoms with Crippen molar-refractivity contribution in [2.24, 2.45) is 9.98 Å². The van der Waals surface area contributed by atoms with Gasteiger partial charge in [0, 0.05) is 28.0 Å². The van der Waals surface area contributed by atoms with Gasteiger partial charge in [0.05, 0.1) is 0 Å². The first-order chi connectivity index (χ1) is 21.2. The van der Waals surface area contributed by atoms with Crippen molar-refractivity contribution in [3.8, 4) is 33.4 Å². The minimum Gasteiger partial charge on any atom is -0.344 e. The van der Waals surface area contributed by atoms with Gasteiger partial charge in [0.2, 0.25) is 0 Å². The van der Waals surface area contributed by atoms with Crippen molar-refractivity contribution in [3.05, 3.63) is 173 Å². The van der Waals surface area contributed by atoms with Crippen LogP contribution >= 0.6 is 15.9 Å². The number of nitrogens with one attached hydrogen (secondary N) is 1. The Morgan fingerprint density at radius 1 is 0.512 bits per heavy atom. The lowest BCUT2D eigenvalue weighted by Gasteiger charge is -2.24. The zero-order valence-electron chi connectivity index (χ0n) is 23.2. The number of hydrogen-bond donors (Lipinski definition) is 1. The highest BCUT2D eigenvalue weighted by Gasteiger charge is 2.21. The monoisotopic (exact) mass is 618 g/mol. The summed E-state index contributed by atoms with van der Waals surface area (Å²) in [5.41, 5.74) is 9.82. The maximum absolute atomic E-state index is 5.08. The molecule has 1 aliphatic heterocycles. The van der Waals surface area contributed by atoms with E-state index in [9.17, 15) is 0 Å². The molecule has 0 radical (unpaired) electrons. The Balaban J connectivity index is 1.25. The van der Waals surface area contributed by atoms with Crippen LogP contribution in [0.3, 0.4) is 0 Å². The molecule has 0 saturated carbocycles. The van der Waals surface area contributed by atoms with Gasteiger partial charge in [-0.2, -0.15) is 0 Å². The summed E-state index contributed by atoms with van der Waals surface area (Å²) < 4.78 is 0.970. The molecule has 4 nitrogen and oxygen atoms in total. The molecule has 2 heterocycles. The SMILES string of the molecule is Brc1cc(C2=NC(c3ccccc3)NC(c3ccc(-c4ccccc4)cc3)=N2)cc(-c2ccc(-c3cccnc3)cc2)c1. The molecule has 0 aliphatic carbocycles. The van der Waals surface area contributed by atoms with E-state index >= 15 is 0 Å². The molecule has 0 spiro atoms. The third kappa shape index (κ3) is 5.94. The highest BCUT2D eigenvalue weighted by molar-refractivity contribution is 9.10. The van der Waals surface area contributed by atoms with E-state index in [4.69, 9.17) is 9.98 Å². The minimum absolute atomic E-state index is 0.265. The third-order valence-corrected chi connectivity index (χ3v) is 7.95.